The van der Waals surface area contributed by atoms with Gasteiger partial charge < -0.3 is 15.4 Å². The average molecular weight is 332 g/mol. The monoisotopic (exact) mass is 331 g/mol. The molecular weight excluding hydrogens is 314 g/mol. The second kappa shape index (κ2) is 7.66. The lowest BCUT2D eigenvalue weighted by atomic mass is 10.2. The standard InChI is InChI=1S/C12H18BrN3OS/c1-9-7-12(15-8-10(9)13)16(5-6-17-2)4-3-11(14)18/h7-8H,3-6H2,1-2H3,(H2,14,18). The third kappa shape index (κ3) is 4.88. The molecule has 1 heterocycles. The molecule has 0 amide bonds. The summed E-state index contributed by atoms with van der Waals surface area (Å²) in [4.78, 5) is 7.06. The Morgan fingerprint density at radius 3 is 2.83 bits per heavy atom. The molecule has 1 aromatic rings. The number of thiocarbonyl (C=S) groups is 1. The van der Waals surface area contributed by atoms with Crippen LogP contribution in [0.15, 0.2) is 16.7 Å². The van der Waals surface area contributed by atoms with Gasteiger partial charge in [-0.25, -0.2) is 4.98 Å². The van der Waals surface area contributed by atoms with E-state index in [2.05, 4.69) is 25.8 Å². The fourth-order valence-electron chi connectivity index (χ4n) is 1.48. The number of halogens is 1. The van der Waals surface area contributed by atoms with Crippen LogP contribution in [0, 0.1) is 6.92 Å². The van der Waals surface area contributed by atoms with Crippen molar-refractivity contribution in [2.45, 2.75) is 13.3 Å². The molecule has 0 saturated heterocycles. The van der Waals surface area contributed by atoms with E-state index >= 15 is 0 Å². The smallest absolute Gasteiger partial charge is 0.128 e. The molecule has 0 aromatic carbocycles. The van der Waals surface area contributed by atoms with Crippen molar-refractivity contribution in [2.24, 2.45) is 5.73 Å². The van der Waals surface area contributed by atoms with E-state index in [4.69, 9.17) is 22.7 Å². The van der Waals surface area contributed by atoms with Crippen molar-refractivity contribution in [3.63, 3.8) is 0 Å². The zero-order chi connectivity index (χ0) is 13.5. The maximum atomic E-state index is 5.55. The summed E-state index contributed by atoms with van der Waals surface area (Å²) in [5, 5.41) is 0. The molecule has 18 heavy (non-hydrogen) atoms. The van der Waals surface area contributed by atoms with E-state index in [0.717, 1.165) is 28.9 Å². The Morgan fingerprint density at radius 2 is 2.28 bits per heavy atom. The van der Waals surface area contributed by atoms with Crippen molar-refractivity contribution in [2.75, 3.05) is 31.7 Å². The fraction of sp³-hybridized carbons (Fsp3) is 0.500. The molecule has 0 saturated carbocycles. The summed E-state index contributed by atoms with van der Waals surface area (Å²) in [5.74, 6) is 0.920. The molecule has 0 spiro atoms. The third-order valence-corrected chi connectivity index (χ3v) is 3.58. The molecule has 6 heteroatoms. The molecule has 1 rings (SSSR count). The number of anilines is 1. The van der Waals surface area contributed by atoms with Gasteiger partial charge in [0.2, 0.25) is 0 Å². The van der Waals surface area contributed by atoms with Gasteiger partial charge in [-0.05, 0) is 34.5 Å². The molecular formula is C12H18BrN3OS. The highest BCUT2D eigenvalue weighted by Crippen LogP contribution is 2.20. The van der Waals surface area contributed by atoms with Crippen LogP contribution in [-0.2, 0) is 4.74 Å². The van der Waals surface area contributed by atoms with Crippen molar-refractivity contribution in [1.29, 1.82) is 0 Å². The van der Waals surface area contributed by atoms with Crippen molar-refractivity contribution in [3.05, 3.63) is 22.3 Å². The first-order valence-corrected chi connectivity index (χ1v) is 6.89. The summed E-state index contributed by atoms with van der Waals surface area (Å²) < 4.78 is 6.12. The predicted molar refractivity (Wildman–Crippen MR) is 82.2 cm³/mol. The number of methoxy groups -OCH3 is 1. The quantitative estimate of drug-likeness (QED) is 0.777. The largest absolute Gasteiger partial charge is 0.393 e. The van der Waals surface area contributed by atoms with Crippen LogP contribution < -0.4 is 10.6 Å². The van der Waals surface area contributed by atoms with Gasteiger partial charge in [-0.3, -0.25) is 0 Å². The van der Waals surface area contributed by atoms with Crippen LogP contribution in [0.2, 0.25) is 0 Å². The number of ether oxygens (including phenoxy) is 1. The number of hydrogen-bond donors (Lipinski definition) is 1. The van der Waals surface area contributed by atoms with Crippen LogP contribution in [0.3, 0.4) is 0 Å². The van der Waals surface area contributed by atoms with E-state index < -0.39 is 0 Å². The first-order chi connectivity index (χ1) is 8.54. The normalized spacial score (nSPS) is 10.4. The van der Waals surface area contributed by atoms with Crippen LogP contribution in [0.5, 0.6) is 0 Å². The van der Waals surface area contributed by atoms with E-state index in [1.165, 1.54) is 0 Å². The Hall–Kier alpha value is -0.720. The maximum Gasteiger partial charge on any atom is 0.128 e. The lowest BCUT2D eigenvalue weighted by Crippen LogP contribution is -2.31. The maximum absolute atomic E-state index is 5.55. The zero-order valence-electron chi connectivity index (χ0n) is 10.6. The highest BCUT2D eigenvalue weighted by Gasteiger charge is 2.09. The molecule has 0 radical (unpaired) electrons. The summed E-state index contributed by atoms with van der Waals surface area (Å²) in [5.41, 5.74) is 6.70. The fourth-order valence-corrected chi connectivity index (χ4v) is 1.79. The van der Waals surface area contributed by atoms with Crippen molar-refractivity contribution in [1.82, 2.24) is 4.98 Å². The zero-order valence-corrected chi connectivity index (χ0v) is 13.1. The molecule has 4 nitrogen and oxygen atoms in total. The second-order valence-electron chi connectivity index (χ2n) is 3.99. The van der Waals surface area contributed by atoms with Crippen LogP contribution in [0.25, 0.3) is 0 Å². The Kier molecular flexibility index (Phi) is 6.52. The molecule has 1 aromatic heterocycles. The summed E-state index contributed by atoms with van der Waals surface area (Å²) in [6.07, 6.45) is 2.49. The van der Waals surface area contributed by atoms with E-state index in [0.29, 0.717) is 18.0 Å². The topological polar surface area (TPSA) is 51.4 Å². The van der Waals surface area contributed by atoms with Crippen molar-refractivity contribution >= 4 is 39.0 Å². The number of rotatable bonds is 7. The van der Waals surface area contributed by atoms with Gasteiger partial charge in [0, 0.05) is 37.3 Å². The number of nitrogens with two attached hydrogens (primary N) is 1. The minimum atomic E-state index is 0.520. The molecule has 0 unspecified atom stereocenters. The van der Waals surface area contributed by atoms with E-state index in [9.17, 15) is 0 Å². The number of aromatic nitrogens is 1. The van der Waals surface area contributed by atoms with E-state index in [1.54, 1.807) is 7.11 Å². The Balaban J connectivity index is 2.79. The third-order valence-electron chi connectivity index (χ3n) is 2.55. The first-order valence-electron chi connectivity index (χ1n) is 5.69. The predicted octanol–water partition coefficient (Wildman–Crippen LogP) is 2.28. The minimum absolute atomic E-state index is 0.520. The van der Waals surface area contributed by atoms with Crippen LogP contribution in [0.1, 0.15) is 12.0 Å². The molecule has 0 aliphatic heterocycles. The molecule has 0 aliphatic carbocycles. The van der Waals surface area contributed by atoms with Crippen LogP contribution >= 0.6 is 28.1 Å². The lowest BCUT2D eigenvalue weighted by molar-refractivity contribution is 0.205. The lowest BCUT2D eigenvalue weighted by Gasteiger charge is -2.23. The molecule has 100 valence electrons. The van der Waals surface area contributed by atoms with Gasteiger partial charge >= 0.3 is 0 Å². The van der Waals surface area contributed by atoms with Crippen LogP contribution in [0.4, 0.5) is 5.82 Å². The minimum Gasteiger partial charge on any atom is -0.393 e. The second-order valence-corrected chi connectivity index (χ2v) is 5.37. The van der Waals surface area contributed by atoms with Gasteiger partial charge in [-0.15, -0.1) is 0 Å². The van der Waals surface area contributed by atoms with Crippen LogP contribution in [-0.4, -0.2) is 36.8 Å². The number of aryl methyl sites for hydroxylation is 1. The Bertz CT molecular complexity index is 414. The SMILES string of the molecule is COCCN(CCC(N)=S)c1cc(C)c(Br)cn1. The van der Waals surface area contributed by atoms with Gasteiger partial charge in [0.1, 0.15) is 5.82 Å². The number of hydrogen-bond acceptors (Lipinski definition) is 4. The molecule has 2 N–H and O–H groups in total. The van der Waals surface area contributed by atoms with Gasteiger partial charge in [0.15, 0.2) is 0 Å². The average Bonchev–Trinajstić information content (AvgIpc) is 2.33. The van der Waals surface area contributed by atoms with Crippen molar-refractivity contribution in [3.8, 4) is 0 Å². The molecule has 0 atom stereocenters. The molecule has 0 bridgehead atoms. The van der Waals surface area contributed by atoms with Gasteiger partial charge in [0.05, 0.1) is 11.6 Å². The highest BCUT2D eigenvalue weighted by atomic mass is 79.9. The van der Waals surface area contributed by atoms with Gasteiger partial charge in [-0.1, -0.05) is 12.2 Å². The first kappa shape index (κ1) is 15.3. The van der Waals surface area contributed by atoms with E-state index in [1.807, 2.05) is 19.2 Å². The summed E-state index contributed by atoms with van der Waals surface area (Å²) >= 11 is 8.36. The summed E-state index contributed by atoms with van der Waals surface area (Å²) in [6.45, 7) is 4.21. The molecule has 0 aliphatic rings. The van der Waals surface area contributed by atoms with E-state index in [-0.39, 0.29) is 0 Å². The molecule has 0 fully saturated rings. The van der Waals surface area contributed by atoms with Gasteiger partial charge in [0.25, 0.3) is 0 Å². The van der Waals surface area contributed by atoms with Crippen molar-refractivity contribution < 1.29 is 4.74 Å². The highest BCUT2D eigenvalue weighted by molar-refractivity contribution is 9.10. The summed E-state index contributed by atoms with van der Waals surface area (Å²) in [7, 11) is 1.69. The number of nitrogens with zero attached hydrogens (tertiary/aromatic N) is 2. The number of pyridine rings is 1. The Labute approximate surface area is 122 Å². The van der Waals surface area contributed by atoms with Gasteiger partial charge in [-0.2, -0.15) is 0 Å². The Morgan fingerprint density at radius 1 is 1.56 bits per heavy atom. The summed E-state index contributed by atoms with van der Waals surface area (Å²) in [6, 6.07) is 2.04.